The summed E-state index contributed by atoms with van der Waals surface area (Å²) < 4.78 is 196. The van der Waals surface area contributed by atoms with E-state index in [0.29, 0.717) is 50.2 Å². The van der Waals surface area contributed by atoms with Gasteiger partial charge in [-0.15, -0.1) is 0 Å². The van der Waals surface area contributed by atoms with Gasteiger partial charge in [-0.2, -0.15) is 42.1 Å². The van der Waals surface area contributed by atoms with Gasteiger partial charge in [0.2, 0.25) is 0 Å². The van der Waals surface area contributed by atoms with Crippen LogP contribution >= 0.6 is 0 Å². The summed E-state index contributed by atoms with van der Waals surface area (Å²) in [6.45, 7) is 11.2. The summed E-state index contributed by atoms with van der Waals surface area (Å²) in [6, 6.07) is -0.168. The molecule has 3 heterocycles. The molecule has 0 radical (unpaired) electrons. The molecule has 0 aromatic heterocycles. The maximum Gasteiger partial charge on any atom is 0.502 e. The molecule has 0 aromatic rings. The van der Waals surface area contributed by atoms with Gasteiger partial charge in [-0.1, -0.05) is 46.5 Å². The lowest BCUT2D eigenvalue weighted by Crippen LogP contribution is -2.61. The Morgan fingerprint density at radius 3 is 0.901 bits per heavy atom. The van der Waals surface area contributed by atoms with Crippen LogP contribution in [0.1, 0.15) is 85.0 Å². The molecule has 3 aliphatic rings. The van der Waals surface area contributed by atoms with Crippen molar-refractivity contribution in [2.75, 3.05) is 173 Å². The third-order valence-electron chi connectivity index (χ3n) is 15.0. The molecule has 3 fully saturated rings. The van der Waals surface area contributed by atoms with Crippen molar-refractivity contribution < 1.29 is 97.9 Å². The maximum absolute atomic E-state index is 13.1. The van der Waals surface area contributed by atoms with Crippen molar-refractivity contribution in [2.24, 2.45) is 0 Å². The Morgan fingerprint density at radius 1 is 0.383 bits per heavy atom. The Balaban J connectivity index is 2.22. The first-order valence-electron chi connectivity index (χ1n) is 28.6. The number of aliphatic hydroxyl groups is 3. The maximum atomic E-state index is 13.1. The Kier molecular flexibility index (Phi) is 32.5. The lowest BCUT2D eigenvalue weighted by atomic mass is 10.1. The third-order valence-corrected chi connectivity index (χ3v) is 22.0. The van der Waals surface area contributed by atoms with Crippen molar-refractivity contribution in [3.8, 4) is 0 Å². The Bertz CT molecular complexity index is 2250. The Hall–Kier alpha value is -0.753. The second kappa shape index (κ2) is 35.3. The van der Waals surface area contributed by atoms with Crippen LogP contribution in [0, 0.1) is 0 Å². The predicted octanol–water partition coefficient (Wildman–Crippen LogP) is -1.14. The number of hydrogen-bond acceptors (Lipinski definition) is 22. The van der Waals surface area contributed by atoms with Gasteiger partial charge in [0.25, 0.3) is 50.6 Å². The minimum Gasteiger partial charge on any atom is -0.392 e. The third kappa shape index (κ3) is 34.4. The molecule has 3 saturated heterocycles. The second-order valence-corrected chi connectivity index (χ2v) is 32.9. The van der Waals surface area contributed by atoms with Crippen molar-refractivity contribution in [1.82, 2.24) is 29.4 Å². The normalized spacial score (nSPS) is 21.1. The molecule has 0 bridgehead atoms. The molecule has 8 N–H and O–H groups in total. The molecule has 482 valence electrons. The largest absolute Gasteiger partial charge is 0.502 e. The SMILES string of the molecule is CCCCCC[N+](C)(CCCCCC)CCC[Si](OC(CN1CCN(CC(O)CC)CC1)CS(=O)(=O)O)(OC(CN1CCN(CC(O)CS(=O)(=O)O)CC1)CS(=O)(=O)O)OC(CN1CCN(CC(O)CS(=O)(=O)O)CC1)CS(=O)(=O)O. The van der Waals surface area contributed by atoms with Crippen LogP contribution < -0.4 is 0 Å². The summed E-state index contributed by atoms with van der Waals surface area (Å²) in [6.07, 6.45) is 0.781. The highest BCUT2D eigenvalue weighted by molar-refractivity contribution is 7.86. The fourth-order valence-corrected chi connectivity index (χ4v) is 17.5. The van der Waals surface area contributed by atoms with Crippen LogP contribution in [0.5, 0.6) is 0 Å². The smallest absolute Gasteiger partial charge is 0.392 e. The van der Waals surface area contributed by atoms with E-state index in [1.165, 1.54) is 0 Å². The van der Waals surface area contributed by atoms with Crippen LogP contribution in [0.25, 0.3) is 0 Å². The van der Waals surface area contributed by atoms with Gasteiger partial charge in [-0.25, -0.2) is 0 Å². The van der Waals surface area contributed by atoms with Crippen LogP contribution in [0.2, 0.25) is 6.04 Å². The molecule has 81 heavy (non-hydrogen) atoms. The van der Waals surface area contributed by atoms with Crippen molar-refractivity contribution in [2.45, 2.75) is 128 Å². The molecule has 6 unspecified atom stereocenters. The molecular weight excluding hydrogens is 1190 g/mol. The minimum atomic E-state index is -4.91. The standard InChI is InChI=1S/C47H99N7O21S5Si/c1-5-8-10-12-27-54(4,28-13-11-9-6-2)29-14-30-81(73-45(39-78(64,65)66)34-51-21-15-48(16-22-51)31-42(55)7-3,74-46(40-79(67,68)69)35-52-23-17-49(18-24-52)32-43(56)37-76(58,59)60)75-47(41-80(70,71)72)36-53-25-19-50(20-26-53)33-44(57)38-77(61,62)63/h42-47,55-57H,5-41H2,1-4H3,(H4-,58,59,60,61,62,63,64,65,66,67,68,69,70,71,72)/p+1. The molecule has 0 aliphatic carbocycles. The fourth-order valence-electron chi connectivity index (χ4n) is 10.9. The highest BCUT2D eigenvalue weighted by atomic mass is 32.2. The lowest BCUT2D eigenvalue weighted by Gasteiger charge is -2.43. The topological polar surface area (TPSA) is 380 Å². The zero-order valence-electron chi connectivity index (χ0n) is 48.2. The quantitative estimate of drug-likeness (QED) is 0.0155. The molecule has 34 heteroatoms. The number of aliphatic hydroxyl groups excluding tert-OH is 3. The first kappa shape index (κ1) is 74.5. The van der Waals surface area contributed by atoms with Gasteiger partial charge in [0, 0.05) is 130 Å². The zero-order valence-corrected chi connectivity index (χ0v) is 53.3. The number of hydrogen-bond donors (Lipinski definition) is 8. The van der Waals surface area contributed by atoms with Crippen molar-refractivity contribution in [1.29, 1.82) is 0 Å². The Labute approximate surface area is 485 Å². The van der Waals surface area contributed by atoms with Gasteiger partial charge in [0.15, 0.2) is 0 Å². The first-order valence-corrected chi connectivity index (χ1v) is 38.6. The number of unbranched alkanes of at least 4 members (excludes halogenated alkanes) is 6. The molecular formula is C47H100N7O21S5Si+. The van der Waals surface area contributed by atoms with Crippen molar-refractivity contribution in [3.63, 3.8) is 0 Å². The van der Waals surface area contributed by atoms with Gasteiger partial charge in [0.05, 0.1) is 63.3 Å². The van der Waals surface area contributed by atoms with E-state index in [1.807, 2.05) is 11.8 Å². The van der Waals surface area contributed by atoms with Crippen LogP contribution in [-0.4, -0.2) is 333 Å². The minimum absolute atomic E-state index is 0.115. The van der Waals surface area contributed by atoms with Gasteiger partial charge >= 0.3 is 8.80 Å². The number of nitrogens with zero attached hydrogens (tertiary/aromatic N) is 7. The van der Waals surface area contributed by atoms with Gasteiger partial charge in [0.1, 0.15) is 28.8 Å². The van der Waals surface area contributed by atoms with Crippen LogP contribution in [-0.2, 0) is 63.9 Å². The molecule has 0 aromatic carbocycles. The van der Waals surface area contributed by atoms with E-state index >= 15 is 0 Å². The summed E-state index contributed by atoms with van der Waals surface area (Å²) in [5.41, 5.74) is 0. The van der Waals surface area contributed by atoms with E-state index in [1.54, 1.807) is 19.6 Å². The summed E-state index contributed by atoms with van der Waals surface area (Å²) in [7, 11) is -26.4. The van der Waals surface area contributed by atoms with E-state index < -0.39 is 125 Å². The summed E-state index contributed by atoms with van der Waals surface area (Å²) in [5, 5.41) is 31.2. The molecule has 3 aliphatic heterocycles. The first-order chi connectivity index (χ1) is 37.6. The number of β-amino-alcohol motifs (C(OH)–C–C–N with tert-alkyl or cyclic N) is 3. The van der Waals surface area contributed by atoms with Crippen LogP contribution in [0.3, 0.4) is 0 Å². The highest BCUT2D eigenvalue weighted by Crippen LogP contribution is 2.29. The van der Waals surface area contributed by atoms with E-state index in [-0.39, 0.29) is 97.5 Å². The van der Waals surface area contributed by atoms with Gasteiger partial charge in [-0.05, 0) is 32.1 Å². The number of piperazine rings is 3. The predicted molar refractivity (Wildman–Crippen MR) is 308 cm³/mol. The second-order valence-electron chi connectivity index (χ2n) is 22.8. The molecule has 3 rings (SSSR count). The average Bonchev–Trinajstić information content (AvgIpc) is 3.31. The average molecular weight is 1290 g/mol. The van der Waals surface area contributed by atoms with Crippen molar-refractivity contribution >= 4 is 59.4 Å². The summed E-state index contributed by atoms with van der Waals surface area (Å²) in [4.78, 5) is 11.0. The van der Waals surface area contributed by atoms with E-state index in [2.05, 4.69) is 25.8 Å². The molecule has 28 nitrogen and oxygen atoms in total. The summed E-state index contributed by atoms with van der Waals surface area (Å²) in [5.74, 6) is -4.89. The van der Waals surface area contributed by atoms with Crippen LogP contribution in [0.15, 0.2) is 0 Å². The molecule has 0 amide bonds. The van der Waals surface area contributed by atoms with Crippen molar-refractivity contribution in [3.05, 3.63) is 0 Å². The van der Waals surface area contributed by atoms with E-state index in [0.717, 1.165) is 64.5 Å². The van der Waals surface area contributed by atoms with E-state index in [4.69, 9.17) is 13.3 Å². The van der Waals surface area contributed by atoms with Crippen LogP contribution in [0.4, 0.5) is 0 Å². The van der Waals surface area contributed by atoms with E-state index in [9.17, 15) is 80.2 Å². The lowest BCUT2D eigenvalue weighted by molar-refractivity contribution is -0.910. The summed E-state index contributed by atoms with van der Waals surface area (Å²) >= 11 is 0. The monoisotopic (exact) mass is 1290 g/mol. The molecule has 0 spiro atoms. The van der Waals surface area contributed by atoms with Gasteiger partial charge < -0.3 is 33.1 Å². The number of rotatable bonds is 43. The Morgan fingerprint density at radius 2 is 0.642 bits per heavy atom. The zero-order chi connectivity index (χ0) is 60.7. The molecule has 0 saturated carbocycles. The highest BCUT2D eigenvalue weighted by Gasteiger charge is 2.50. The fraction of sp³-hybridized carbons (Fsp3) is 1.00. The number of quaternary nitrogens is 1. The van der Waals surface area contributed by atoms with Gasteiger partial charge in [-0.3, -0.25) is 52.2 Å². The molecule has 6 atom stereocenters.